The van der Waals surface area contributed by atoms with Crippen molar-refractivity contribution in [1.82, 2.24) is 10.2 Å². The fourth-order valence-electron chi connectivity index (χ4n) is 2.10. The molecular weight excluding hydrogens is 240 g/mol. The monoisotopic (exact) mass is 262 g/mol. The maximum absolute atomic E-state index is 3.36. The predicted molar refractivity (Wildman–Crippen MR) is 81.6 cm³/mol. The molecule has 0 spiro atoms. The van der Waals surface area contributed by atoms with Gasteiger partial charge in [0.1, 0.15) is 0 Å². The number of rotatable bonds is 7. The molecule has 2 nitrogen and oxygen atoms in total. The Morgan fingerprint density at radius 1 is 1.22 bits per heavy atom. The molecule has 0 fully saturated rings. The zero-order valence-corrected chi connectivity index (χ0v) is 12.1. The Bertz CT molecular complexity index is 478. The Kier molecular flexibility index (Phi) is 5.17. The third-order valence-electron chi connectivity index (χ3n) is 3.24. The molecule has 0 saturated heterocycles. The van der Waals surface area contributed by atoms with Crippen molar-refractivity contribution in [2.75, 3.05) is 33.2 Å². The van der Waals surface area contributed by atoms with E-state index < -0.39 is 0 Å². The van der Waals surface area contributed by atoms with Crippen molar-refractivity contribution in [1.29, 1.82) is 0 Å². The average molecular weight is 262 g/mol. The van der Waals surface area contributed by atoms with Gasteiger partial charge in [0.05, 0.1) is 0 Å². The number of hydrogen-bond donors (Lipinski definition) is 1. The Hall–Kier alpha value is -0.900. The van der Waals surface area contributed by atoms with Crippen LogP contribution in [-0.2, 0) is 6.42 Å². The third-order valence-corrected chi connectivity index (χ3v) is 4.26. The molecule has 98 valence electrons. The maximum atomic E-state index is 3.36. The van der Waals surface area contributed by atoms with Gasteiger partial charge in [-0.3, -0.25) is 0 Å². The van der Waals surface area contributed by atoms with Crippen LogP contribution in [-0.4, -0.2) is 38.1 Å². The van der Waals surface area contributed by atoms with Crippen LogP contribution in [0.5, 0.6) is 0 Å². The number of thiophene rings is 1. The van der Waals surface area contributed by atoms with Crippen LogP contribution in [0, 0.1) is 0 Å². The molecule has 1 N–H and O–H groups in total. The molecule has 0 aliphatic heterocycles. The van der Waals surface area contributed by atoms with Gasteiger partial charge in [0.15, 0.2) is 0 Å². The molecular formula is C15H22N2S. The van der Waals surface area contributed by atoms with Crippen molar-refractivity contribution in [2.24, 2.45) is 0 Å². The van der Waals surface area contributed by atoms with Gasteiger partial charge in [0.25, 0.3) is 0 Å². The number of likely N-dealkylation sites (N-methyl/N-ethyl adjacent to an activating group) is 2. The first-order valence-corrected chi connectivity index (χ1v) is 7.53. The second kappa shape index (κ2) is 6.88. The topological polar surface area (TPSA) is 15.3 Å². The van der Waals surface area contributed by atoms with Gasteiger partial charge in [0, 0.05) is 24.3 Å². The van der Waals surface area contributed by atoms with Crippen molar-refractivity contribution in [3.63, 3.8) is 0 Å². The first kappa shape index (κ1) is 13.5. The molecule has 0 saturated carbocycles. The predicted octanol–water partition coefficient (Wildman–Crippen LogP) is 2.99. The summed E-state index contributed by atoms with van der Waals surface area (Å²) in [5, 5.41) is 7.10. The molecule has 3 heteroatoms. The minimum absolute atomic E-state index is 1.06. The van der Waals surface area contributed by atoms with E-state index in [-0.39, 0.29) is 0 Å². The van der Waals surface area contributed by atoms with Crippen LogP contribution in [0.4, 0.5) is 0 Å². The van der Waals surface area contributed by atoms with Crippen LogP contribution < -0.4 is 5.32 Å². The van der Waals surface area contributed by atoms with Gasteiger partial charge in [-0.2, -0.15) is 0 Å². The fourth-order valence-corrected chi connectivity index (χ4v) is 3.09. The highest BCUT2D eigenvalue weighted by molar-refractivity contribution is 7.17. The molecule has 0 atom stereocenters. The quantitative estimate of drug-likeness (QED) is 0.772. The molecule has 1 aromatic carbocycles. The second-order valence-electron chi connectivity index (χ2n) is 4.66. The summed E-state index contributed by atoms with van der Waals surface area (Å²) >= 11 is 1.86. The summed E-state index contributed by atoms with van der Waals surface area (Å²) in [5.41, 5.74) is 1.49. The highest BCUT2D eigenvalue weighted by Crippen LogP contribution is 2.25. The SMILES string of the molecule is CCNCCN(C)CCc1csc2ccccc12. The molecule has 18 heavy (non-hydrogen) atoms. The van der Waals surface area contributed by atoms with Gasteiger partial charge in [-0.1, -0.05) is 25.1 Å². The van der Waals surface area contributed by atoms with Gasteiger partial charge >= 0.3 is 0 Å². The fraction of sp³-hybridized carbons (Fsp3) is 0.467. The molecule has 0 radical (unpaired) electrons. The Morgan fingerprint density at radius 3 is 2.89 bits per heavy atom. The van der Waals surface area contributed by atoms with E-state index in [1.165, 1.54) is 15.6 Å². The minimum atomic E-state index is 1.06. The minimum Gasteiger partial charge on any atom is -0.316 e. The van der Waals surface area contributed by atoms with Crippen LogP contribution in [0.3, 0.4) is 0 Å². The lowest BCUT2D eigenvalue weighted by Crippen LogP contribution is -2.30. The van der Waals surface area contributed by atoms with Crippen LogP contribution in [0.25, 0.3) is 10.1 Å². The largest absolute Gasteiger partial charge is 0.316 e. The summed E-state index contributed by atoms with van der Waals surface area (Å²) in [5.74, 6) is 0. The number of benzene rings is 1. The maximum Gasteiger partial charge on any atom is 0.0345 e. The van der Waals surface area contributed by atoms with E-state index in [1.54, 1.807) is 0 Å². The van der Waals surface area contributed by atoms with Crippen molar-refractivity contribution < 1.29 is 0 Å². The molecule has 0 amide bonds. The van der Waals surface area contributed by atoms with Gasteiger partial charge < -0.3 is 10.2 Å². The van der Waals surface area contributed by atoms with Crippen molar-refractivity contribution in [3.05, 3.63) is 35.2 Å². The Labute approximate surface area is 114 Å². The van der Waals surface area contributed by atoms with Gasteiger partial charge in [-0.25, -0.2) is 0 Å². The number of fused-ring (bicyclic) bond motifs is 1. The van der Waals surface area contributed by atoms with Crippen molar-refractivity contribution in [3.8, 4) is 0 Å². The summed E-state index contributed by atoms with van der Waals surface area (Å²) in [7, 11) is 2.20. The molecule has 1 aromatic heterocycles. The van der Waals surface area contributed by atoms with Crippen LogP contribution in [0.2, 0.25) is 0 Å². The summed E-state index contributed by atoms with van der Waals surface area (Å²) in [6, 6.07) is 8.69. The lowest BCUT2D eigenvalue weighted by atomic mass is 10.1. The van der Waals surface area contributed by atoms with Gasteiger partial charge in [-0.15, -0.1) is 11.3 Å². The molecule has 0 aliphatic rings. The van der Waals surface area contributed by atoms with E-state index in [1.807, 2.05) is 11.3 Å². The van der Waals surface area contributed by atoms with Crippen LogP contribution in [0.1, 0.15) is 12.5 Å². The highest BCUT2D eigenvalue weighted by atomic mass is 32.1. The van der Waals surface area contributed by atoms with E-state index in [0.717, 1.165) is 32.6 Å². The molecule has 1 heterocycles. The van der Waals surface area contributed by atoms with E-state index in [2.05, 4.69) is 53.8 Å². The van der Waals surface area contributed by atoms with Gasteiger partial charge in [-0.05, 0) is 42.4 Å². The third kappa shape index (κ3) is 3.55. The van der Waals surface area contributed by atoms with Crippen LogP contribution >= 0.6 is 11.3 Å². The smallest absolute Gasteiger partial charge is 0.0345 e. The van der Waals surface area contributed by atoms with Crippen molar-refractivity contribution >= 4 is 21.4 Å². The lowest BCUT2D eigenvalue weighted by Gasteiger charge is -2.16. The Balaban J connectivity index is 1.86. The normalized spacial score (nSPS) is 11.5. The molecule has 0 unspecified atom stereocenters. The standard InChI is InChI=1S/C15H22N2S/c1-3-16-9-11-17(2)10-8-13-12-18-15-7-5-4-6-14(13)15/h4-7,12,16H,3,8-11H2,1-2H3. The zero-order valence-electron chi connectivity index (χ0n) is 11.3. The highest BCUT2D eigenvalue weighted by Gasteiger charge is 2.04. The second-order valence-corrected chi connectivity index (χ2v) is 5.58. The van der Waals surface area contributed by atoms with E-state index in [0.29, 0.717) is 0 Å². The Morgan fingerprint density at radius 2 is 2.06 bits per heavy atom. The molecule has 0 aliphatic carbocycles. The molecule has 2 aromatic rings. The first-order valence-electron chi connectivity index (χ1n) is 6.65. The van der Waals surface area contributed by atoms with E-state index in [4.69, 9.17) is 0 Å². The molecule has 2 rings (SSSR count). The van der Waals surface area contributed by atoms with Crippen molar-refractivity contribution in [2.45, 2.75) is 13.3 Å². The summed E-state index contributed by atoms with van der Waals surface area (Å²) in [6.45, 7) is 6.54. The summed E-state index contributed by atoms with van der Waals surface area (Å²) in [6.07, 6.45) is 1.15. The van der Waals surface area contributed by atoms with Crippen LogP contribution in [0.15, 0.2) is 29.6 Å². The van der Waals surface area contributed by atoms with E-state index in [9.17, 15) is 0 Å². The average Bonchev–Trinajstić information content (AvgIpc) is 2.80. The number of nitrogens with zero attached hydrogens (tertiary/aromatic N) is 1. The number of nitrogens with one attached hydrogen (secondary N) is 1. The number of hydrogen-bond acceptors (Lipinski definition) is 3. The molecule has 0 bridgehead atoms. The lowest BCUT2D eigenvalue weighted by molar-refractivity contribution is 0.337. The summed E-state index contributed by atoms with van der Waals surface area (Å²) in [4.78, 5) is 2.40. The zero-order chi connectivity index (χ0) is 12.8. The van der Waals surface area contributed by atoms with E-state index >= 15 is 0 Å². The van der Waals surface area contributed by atoms with Gasteiger partial charge in [0.2, 0.25) is 0 Å². The summed E-state index contributed by atoms with van der Waals surface area (Å²) < 4.78 is 1.41. The first-order chi connectivity index (χ1) is 8.81.